The van der Waals surface area contributed by atoms with Crippen molar-refractivity contribution >= 4 is 5.91 Å². The number of hydrogen-bond acceptors (Lipinski definition) is 4. The Hall–Kier alpha value is -2.34. The first kappa shape index (κ1) is 18.0. The number of benzene rings is 1. The van der Waals surface area contributed by atoms with Crippen molar-refractivity contribution in [1.29, 1.82) is 0 Å². The van der Waals surface area contributed by atoms with Crippen LogP contribution in [-0.4, -0.2) is 58.3 Å². The summed E-state index contributed by atoms with van der Waals surface area (Å²) in [6, 6.07) is 10.4. The summed E-state index contributed by atoms with van der Waals surface area (Å²) in [7, 11) is 1.69. The Morgan fingerprint density at radius 2 is 1.96 bits per heavy atom. The van der Waals surface area contributed by atoms with Gasteiger partial charge in [-0.25, -0.2) is 0 Å². The van der Waals surface area contributed by atoms with Gasteiger partial charge in [-0.15, -0.1) is 0 Å². The van der Waals surface area contributed by atoms with Crippen LogP contribution in [0.25, 0.3) is 0 Å². The van der Waals surface area contributed by atoms with E-state index in [4.69, 9.17) is 4.74 Å². The first-order chi connectivity index (χ1) is 13.2. The number of aromatic nitrogens is 2. The number of carbonyl (C=O) groups is 1. The van der Waals surface area contributed by atoms with Crippen molar-refractivity contribution in [3.63, 3.8) is 0 Å². The van der Waals surface area contributed by atoms with E-state index in [2.05, 4.69) is 27.0 Å². The number of hydrogen-bond donors (Lipinski definition) is 0. The molecule has 2 bridgehead atoms. The van der Waals surface area contributed by atoms with E-state index in [1.165, 1.54) is 12.0 Å². The molecule has 0 radical (unpaired) electrons. The Bertz CT molecular complexity index is 786. The van der Waals surface area contributed by atoms with E-state index >= 15 is 0 Å². The molecule has 3 aliphatic rings. The molecule has 1 aromatic carbocycles. The monoisotopic (exact) mass is 368 g/mol. The van der Waals surface area contributed by atoms with Crippen LogP contribution >= 0.6 is 0 Å². The van der Waals surface area contributed by atoms with Gasteiger partial charge in [0.05, 0.1) is 7.11 Å². The molecule has 0 aliphatic carbocycles. The van der Waals surface area contributed by atoms with Crippen molar-refractivity contribution in [1.82, 2.24) is 19.6 Å². The van der Waals surface area contributed by atoms with E-state index in [1.807, 2.05) is 25.1 Å². The number of aryl methyl sites for hydroxylation is 1. The van der Waals surface area contributed by atoms with Gasteiger partial charge >= 0.3 is 0 Å². The van der Waals surface area contributed by atoms with Crippen molar-refractivity contribution in [3.05, 3.63) is 47.8 Å². The fraction of sp³-hybridized carbons (Fsp3) is 0.524. The van der Waals surface area contributed by atoms with E-state index in [1.54, 1.807) is 18.0 Å². The zero-order chi connectivity index (χ0) is 18.8. The summed E-state index contributed by atoms with van der Waals surface area (Å²) >= 11 is 0. The topological polar surface area (TPSA) is 50.6 Å². The molecule has 6 nitrogen and oxygen atoms in total. The average molecular weight is 368 g/mol. The summed E-state index contributed by atoms with van der Waals surface area (Å²) in [5.74, 6) is 1.57. The number of rotatable bonds is 5. The fourth-order valence-electron chi connectivity index (χ4n) is 4.46. The Balaban J connectivity index is 1.47. The maximum absolute atomic E-state index is 13.2. The molecule has 144 valence electrons. The Kier molecular flexibility index (Phi) is 5.16. The second-order valence-electron chi connectivity index (χ2n) is 7.63. The van der Waals surface area contributed by atoms with E-state index < -0.39 is 0 Å². The summed E-state index contributed by atoms with van der Waals surface area (Å²) in [5.41, 5.74) is 2.01. The van der Waals surface area contributed by atoms with Crippen LogP contribution in [0.3, 0.4) is 0 Å². The Labute approximate surface area is 160 Å². The zero-order valence-electron chi connectivity index (χ0n) is 16.2. The van der Waals surface area contributed by atoms with Crippen molar-refractivity contribution in [3.8, 4) is 5.75 Å². The molecule has 0 unspecified atom stereocenters. The summed E-state index contributed by atoms with van der Waals surface area (Å²) in [6.45, 7) is 6.52. The number of carbonyl (C=O) groups excluding carboxylic acids is 1. The number of fused-ring (bicyclic) bond motifs is 4. The smallest absolute Gasteiger partial charge is 0.272 e. The minimum Gasteiger partial charge on any atom is -0.497 e. The molecule has 4 heterocycles. The van der Waals surface area contributed by atoms with Crippen LogP contribution in [0.5, 0.6) is 5.75 Å². The predicted octanol–water partition coefficient (Wildman–Crippen LogP) is 2.65. The molecule has 2 atom stereocenters. The van der Waals surface area contributed by atoms with Crippen molar-refractivity contribution in [2.45, 2.75) is 38.9 Å². The van der Waals surface area contributed by atoms with Gasteiger partial charge in [0.1, 0.15) is 11.4 Å². The lowest BCUT2D eigenvalue weighted by Gasteiger charge is -2.36. The number of piperidine rings is 1. The highest BCUT2D eigenvalue weighted by Crippen LogP contribution is 2.30. The highest BCUT2D eigenvalue weighted by atomic mass is 16.5. The number of nitrogens with zero attached hydrogens (tertiary/aromatic N) is 4. The Morgan fingerprint density at radius 3 is 2.70 bits per heavy atom. The quantitative estimate of drug-likeness (QED) is 0.814. The van der Waals surface area contributed by atoms with Gasteiger partial charge in [-0.3, -0.25) is 14.4 Å². The lowest BCUT2D eigenvalue weighted by Crippen LogP contribution is -2.47. The number of ether oxygens (including phenoxy) is 1. The van der Waals surface area contributed by atoms with Gasteiger partial charge in [0.15, 0.2) is 0 Å². The van der Waals surface area contributed by atoms with Crippen LogP contribution < -0.4 is 4.74 Å². The second kappa shape index (κ2) is 7.72. The number of methoxy groups -OCH3 is 1. The molecule has 3 saturated heterocycles. The molecule has 27 heavy (non-hydrogen) atoms. The predicted molar refractivity (Wildman–Crippen MR) is 104 cm³/mol. The lowest BCUT2D eigenvalue weighted by molar-refractivity contribution is 0.0572. The summed E-state index contributed by atoms with van der Waals surface area (Å²) in [6.07, 6.45) is 4.03. The van der Waals surface area contributed by atoms with Gasteiger partial charge in [-0.05, 0) is 49.4 Å². The molecule has 0 saturated carbocycles. The van der Waals surface area contributed by atoms with E-state index in [0.29, 0.717) is 11.6 Å². The molecule has 2 aromatic rings. The summed E-state index contributed by atoms with van der Waals surface area (Å²) in [4.78, 5) is 17.8. The third kappa shape index (κ3) is 3.72. The summed E-state index contributed by atoms with van der Waals surface area (Å²) in [5, 5.41) is 4.27. The fourth-order valence-corrected chi connectivity index (χ4v) is 4.46. The van der Waals surface area contributed by atoms with Crippen LogP contribution in [0.2, 0.25) is 0 Å². The molecule has 1 aromatic heterocycles. The zero-order valence-corrected chi connectivity index (χ0v) is 16.2. The Morgan fingerprint density at radius 1 is 1.15 bits per heavy atom. The van der Waals surface area contributed by atoms with Gasteiger partial charge in [0, 0.05) is 45.0 Å². The lowest BCUT2D eigenvalue weighted by atomic mass is 9.94. The van der Waals surface area contributed by atoms with Crippen LogP contribution in [0.4, 0.5) is 0 Å². The van der Waals surface area contributed by atoms with Gasteiger partial charge < -0.3 is 9.64 Å². The minimum absolute atomic E-state index is 0.135. The minimum atomic E-state index is 0.135. The second-order valence-corrected chi connectivity index (χ2v) is 7.63. The normalized spacial score (nSPS) is 22.7. The first-order valence-electron chi connectivity index (χ1n) is 9.86. The molecule has 0 spiro atoms. The van der Waals surface area contributed by atoms with Crippen LogP contribution in [-0.2, 0) is 13.1 Å². The van der Waals surface area contributed by atoms with Gasteiger partial charge in [-0.2, -0.15) is 5.10 Å². The van der Waals surface area contributed by atoms with Crippen LogP contribution in [0.15, 0.2) is 36.5 Å². The molecular formula is C21H28N4O2. The van der Waals surface area contributed by atoms with E-state index in [0.717, 1.165) is 44.9 Å². The maximum Gasteiger partial charge on any atom is 0.272 e. The summed E-state index contributed by atoms with van der Waals surface area (Å²) < 4.78 is 7.05. The van der Waals surface area contributed by atoms with Crippen molar-refractivity contribution in [2.75, 3.05) is 26.7 Å². The molecule has 3 aliphatic heterocycles. The molecular weight excluding hydrogens is 340 g/mol. The average Bonchev–Trinajstić information content (AvgIpc) is 3.01. The standard InChI is InChI=1S/C21H28N4O2/c1-3-25-20(10-11-22-25)21(26)24-14-17-4-7-18(24)15-23(13-17)12-16-5-8-19(27-2)9-6-16/h5-6,8-11,17-18H,3-4,7,12-15H2,1-2H3/t17-,18+/m0/s1. The van der Waals surface area contributed by atoms with Gasteiger partial charge in [0.25, 0.3) is 5.91 Å². The molecule has 0 N–H and O–H groups in total. The van der Waals surface area contributed by atoms with Crippen molar-refractivity contribution in [2.24, 2.45) is 5.92 Å². The molecule has 3 fully saturated rings. The molecule has 1 amide bonds. The van der Waals surface area contributed by atoms with E-state index in [-0.39, 0.29) is 11.9 Å². The van der Waals surface area contributed by atoms with Gasteiger partial charge in [0.2, 0.25) is 0 Å². The van der Waals surface area contributed by atoms with Crippen LogP contribution in [0.1, 0.15) is 35.8 Å². The van der Waals surface area contributed by atoms with E-state index in [9.17, 15) is 4.79 Å². The van der Waals surface area contributed by atoms with Crippen molar-refractivity contribution < 1.29 is 9.53 Å². The SMILES string of the molecule is CCn1nccc1C(=O)N1C[C@H]2CC[C@@H]1CN(Cc1ccc(OC)cc1)C2. The van der Waals surface area contributed by atoms with Gasteiger partial charge in [-0.1, -0.05) is 12.1 Å². The highest BCUT2D eigenvalue weighted by molar-refractivity contribution is 5.92. The molecule has 6 heteroatoms. The first-order valence-corrected chi connectivity index (χ1v) is 9.86. The highest BCUT2D eigenvalue weighted by Gasteiger charge is 2.38. The van der Waals surface area contributed by atoms with Crippen LogP contribution in [0, 0.1) is 5.92 Å². The largest absolute Gasteiger partial charge is 0.497 e. The number of amides is 1. The molecule has 5 rings (SSSR count). The third-order valence-electron chi connectivity index (χ3n) is 5.85. The maximum atomic E-state index is 13.2. The third-order valence-corrected chi connectivity index (χ3v) is 5.85.